The Labute approximate surface area is 124 Å². The number of Topliss-reactive ketones (excluding diaryl/α,β-unsaturated/α-hetero) is 1. The molecule has 0 aliphatic heterocycles. The van der Waals surface area contributed by atoms with E-state index in [9.17, 15) is 9.18 Å². The average molecular weight is 342 g/mol. The SMILES string of the molecule is O=C(c1ccc(F)cc1)[C@H](Cl)[C@H](Br)c1ccccc1. The van der Waals surface area contributed by atoms with Crippen molar-refractivity contribution in [2.45, 2.75) is 10.2 Å². The fourth-order valence-electron chi connectivity index (χ4n) is 1.71. The Bertz CT molecular complexity index is 556. The number of alkyl halides is 2. The Morgan fingerprint density at radius 3 is 2.21 bits per heavy atom. The summed E-state index contributed by atoms with van der Waals surface area (Å²) in [6.45, 7) is 0. The highest BCUT2D eigenvalue weighted by Crippen LogP contribution is 2.31. The van der Waals surface area contributed by atoms with Crippen molar-refractivity contribution < 1.29 is 9.18 Å². The maximum absolute atomic E-state index is 12.8. The summed E-state index contributed by atoms with van der Waals surface area (Å²) in [5.41, 5.74) is 1.33. The molecule has 0 aliphatic rings. The van der Waals surface area contributed by atoms with Crippen LogP contribution in [0.1, 0.15) is 20.7 Å². The molecule has 0 bridgehead atoms. The molecule has 0 aromatic heterocycles. The molecule has 0 aliphatic carbocycles. The standard InChI is InChI=1S/C15H11BrClFO/c16-13(10-4-2-1-3-5-10)14(17)15(19)11-6-8-12(18)9-7-11/h1-9,13-14H/t13-,14-/m1/s1. The molecule has 19 heavy (non-hydrogen) atoms. The van der Waals surface area contributed by atoms with Gasteiger partial charge in [0.15, 0.2) is 5.78 Å². The lowest BCUT2D eigenvalue weighted by Crippen LogP contribution is -2.19. The third kappa shape index (κ3) is 3.43. The monoisotopic (exact) mass is 340 g/mol. The number of ketones is 1. The van der Waals surface area contributed by atoms with Crippen LogP contribution in [-0.4, -0.2) is 11.2 Å². The first-order valence-electron chi connectivity index (χ1n) is 5.72. The van der Waals surface area contributed by atoms with Crippen LogP contribution in [0.5, 0.6) is 0 Å². The number of carbonyl (C=O) groups excluding carboxylic acids is 1. The predicted molar refractivity (Wildman–Crippen MR) is 78.5 cm³/mol. The van der Waals surface area contributed by atoms with Crippen LogP contribution in [0.4, 0.5) is 4.39 Å². The topological polar surface area (TPSA) is 17.1 Å². The summed E-state index contributed by atoms with van der Waals surface area (Å²) >= 11 is 9.64. The Balaban J connectivity index is 2.17. The minimum atomic E-state index is -0.743. The Kier molecular flexibility index (Phi) is 4.72. The number of halogens is 3. The van der Waals surface area contributed by atoms with Gasteiger partial charge in [0.1, 0.15) is 11.2 Å². The molecule has 0 spiro atoms. The first-order valence-corrected chi connectivity index (χ1v) is 7.07. The van der Waals surface area contributed by atoms with E-state index in [1.54, 1.807) is 0 Å². The molecule has 0 heterocycles. The van der Waals surface area contributed by atoms with Gasteiger partial charge < -0.3 is 0 Å². The van der Waals surface area contributed by atoms with Gasteiger partial charge in [0.2, 0.25) is 0 Å². The second kappa shape index (κ2) is 6.31. The fourth-order valence-corrected chi connectivity index (χ4v) is 2.53. The van der Waals surface area contributed by atoms with Crippen molar-refractivity contribution in [3.63, 3.8) is 0 Å². The molecular formula is C15H11BrClFO. The molecule has 0 radical (unpaired) electrons. The smallest absolute Gasteiger partial charge is 0.182 e. The van der Waals surface area contributed by atoms with Gasteiger partial charge >= 0.3 is 0 Å². The van der Waals surface area contributed by atoms with E-state index in [0.29, 0.717) is 5.56 Å². The Morgan fingerprint density at radius 2 is 1.63 bits per heavy atom. The zero-order valence-electron chi connectivity index (χ0n) is 9.89. The minimum Gasteiger partial charge on any atom is -0.292 e. The molecule has 98 valence electrons. The lowest BCUT2D eigenvalue weighted by Gasteiger charge is -2.15. The third-order valence-electron chi connectivity index (χ3n) is 2.75. The van der Waals surface area contributed by atoms with Crippen LogP contribution in [-0.2, 0) is 0 Å². The first-order chi connectivity index (χ1) is 9.09. The molecule has 0 saturated heterocycles. The normalized spacial score (nSPS) is 13.8. The number of hydrogen-bond acceptors (Lipinski definition) is 1. The Morgan fingerprint density at radius 1 is 1.05 bits per heavy atom. The van der Waals surface area contributed by atoms with Crippen molar-refractivity contribution >= 4 is 33.3 Å². The van der Waals surface area contributed by atoms with Gasteiger partial charge in [0.25, 0.3) is 0 Å². The van der Waals surface area contributed by atoms with Crippen LogP contribution in [0.15, 0.2) is 54.6 Å². The van der Waals surface area contributed by atoms with Gasteiger partial charge in [-0.15, -0.1) is 11.6 Å². The maximum Gasteiger partial charge on any atom is 0.182 e. The zero-order valence-corrected chi connectivity index (χ0v) is 12.2. The van der Waals surface area contributed by atoms with Crippen LogP contribution in [0.3, 0.4) is 0 Å². The van der Waals surface area contributed by atoms with E-state index in [1.807, 2.05) is 30.3 Å². The first kappa shape index (κ1) is 14.2. The minimum absolute atomic E-state index is 0.229. The summed E-state index contributed by atoms with van der Waals surface area (Å²) in [6, 6.07) is 14.8. The summed E-state index contributed by atoms with van der Waals surface area (Å²) in [4.78, 5) is 11.9. The second-order valence-electron chi connectivity index (χ2n) is 4.09. The molecular weight excluding hydrogens is 331 g/mol. The summed E-state index contributed by atoms with van der Waals surface area (Å²) in [5, 5.41) is -0.743. The van der Waals surface area contributed by atoms with Gasteiger partial charge in [-0.2, -0.15) is 0 Å². The van der Waals surface area contributed by atoms with E-state index >= 15 is 0 Å². The van der Waals surface area contributed by atoms with Gasteiger partial charge in [-0.05, 0) is 29.8 Å². The zero-order chi connectivity index (χ0) is 13.8. The van der Waals surface area contributed by atoms with Crippen LogP contribution in [0, 0.1) is 5.82 Å². The lowest BCUT2D eigenvalue weighted by atomic mass is 10.0. The van der Waals surface area contributed by atoms with Crippen molar-refractivity contribution in [2.75, 3.05) is 0 Å². The molecule has 2 aromatic rings. The number of rotatable bonds is 4. The van der Waals surface area contributed by atoms with Crippen LogP contribution < -0.4 is 0 Å². The summed E-state index contributed by atoms with van der Waals surface area (Å²) in [7, 11) is 0. The fraction of sp³-hybridized carbons (Fsp3) is 0.133. The van der Waals surface area contributed by atoms with Crippen molar-refractivity contribution in [3.8, 4) is 0 Å². The van der Waals surface area contributed by atoms with Crippen molar-refractivity contribution in [3.05, 3.63) is 71.5 Å². The van der Waals surface area contributed by atoms with Gasteiger partial charge in [-0.3, -0.25) is 4.79 Å². The molecule has 2 aromatic carbocycles. The molecule has 1 nitrogen and oxygen atoms in total. The number of hydrogen-bond donors (Lipinski definition) is 0. The van der Waals surface area contributed by atoms with Gasteiger partial charge in [-0.1, -0.05) is 46.3 Å². The van der Waals surface area contributed by atoms with Crippen molar-refractivity contribution in [2.24, 2.45) is 0 Å². The number of benzene rings is 2. The highest BCUT2D eigenvalue weighted by molar-refractivity contribution is 9.09. The molecule has 0 saturated carbocycles. The van der Waals surface area contributed by atoms with E-state index in [-0.39, 0.29) is 16.4 Å². The highest BCUT2D eigenvalue weighted by Gasteiger charge is 2.26. The third-order valence-corrected chi connectivity index (χ3v) is 4.57. The molecule has 2 atom stereocenters. The van der Waals surface area contributed by atoms with Crippen molar-refractivity contribution in [1.29, 1.82) is 0 Å². The van der Waals surface area contributed by atoms with E-state index in [2.05, 4.69) is 15.9 Å². The second-order valence-corrected chi connectivity index (χ2v) is 5.54. The molecule has 2 rings (SSSR count). The average Bonchev–Trinajstić information content (AvgIpc) is 2.46. The summed E-state index contributed by atoms with van der Waals surface area (Å²) < 4.78 is 12.8. The predicted octanol–water partition coefficient (Wildman–Crippen LogP) is 4.75. The van der Waals surface area contributed by atoms with Gasteiger partial charge in [-0.25, -0.2) is 4.39 Å². The van der Waals surface area contributed by atoms with Crippen molar-refractivity contribution in [1.82, 2.24) is 0 Å². The molecule has 0 N–H and O–H groups in total. The van der Waals surface area contributed by atoms with Gasteiger partial charge in [0.05, 0.1) is 4.83 Å². The highest BCUT2D eigenvalue weighted by atomic mass is 79.9. The van der Waals surface area contributed by atoms with E-state index in [4.69, 9.17) is 11.6 Å². The van der Waals surface area contributed by atoms with E-state index in [1.165, 1.54) is 24.3 Å². The quantitative estimate of drug-likeness (QED) is 0.579. The summed E-state index contributed by atoms with van der Waals surface area (Å²) in [6.07, 6.45) is 0. The van der Waals surface area contributed by atoms with Crippen LogP contribution in [0.25, 0.3) is 0 Å². The van der Waals surface area contributed by atoms with E-state index < -0.39 is 5.38 Å². The Hall–Kier alpha value is -1.19. The van der Waals surface area contributed by atoms with E-state index in [0.717, 1.165) is 5.56 Å². The maximum atomic E-state index is 12.8. The van der Waals surface area contributed by atoms with Gasteiger partial charge in [0, 0.05) is 5.56 Å². The molecule has 4 heteroatoms. The van der Waals surface area contributed by atoms with Crippen LogP contribution in [0.2, 0.25) is 0 Å². The van der Waals surface area contributed by atoms with Crippen LogP contribution >= 0.6 is 27.5 Å². The molecule has 0 unspecified atom stereocenters. The largest absolute Gasteiger partial charge is 0.292 e. The molecule has 0 fully saturated rings. The summed E-state index contributed by atoms with van der Waals surface area (Å²) in [5.74, 6) is -0.603. The lowest BCUT2D eigenvalue weighted by molar-refractivity contribution is 0.0986. The molecule has 0 amide bonds. The number of carbonyl (C=O) groups is 1.